The Labute approximate surface area is 185 Å². The van der Waals surface area contributed by atoms with Crippen LogP contribution in [0, 0.1) is 11.3 Å². The normalized spacial score (nSPS) is 15.2. The minimum absolute atomic E-state index is 0.163. The Morgan fingerprint density at radius 2 is 2.07 bits per heavy atom. The summed E-state index contributed by atoms with van der Waals surface area (Å²) < 4.78 is 7.62. The van der Waals surface area contributed by atoms with Gasteiger partial charge in [0.1, 0.15) is 17.9 Å². The third kappa shape index (κ3) is 5.77. The van der Waals surface area contributed by atoms with Gasteiger partial charge in [0.2, 0.25) is 5.91 Å². The molecule has 0 atom stereocenters. The Morgan fingerprint density at radius 3 is 2.73 bits per heavy atom. The molecule has 0 spiro atoms. The summed E-state index contributed by atoms with van der Waals surface area (Å²) in [4.78, 5) is 12.5. The maximum atomic E-state index is 12.5. The van der Waals surface area contributed by atoms with Gasteiger partial charge in [0.15, 0.2) is 11.0 Å². The van der Waals surface area contributed by atoms with E-state index in [1.54, 1.807) is 30.3 Å². The van der Waals surface area contributed by atoms with Crippen molar-refractivity contribution in [1.29, 1.82) is 5.26 Å². The summed E-state index contributed by atoms with van der Waals surface area (Å²) >= 11 is 7.18. The van der Waals surface area contributed by atoms with Crippen LogP contribution in [0.3, 0.4) is 0 Å². The minimum Gasteiger partial charge on any atom is -0.486 e. The Morgan fingerprint density at radius 1 is 1.33 bits per heavy atom. The predicted molar refractivity (Wildman–Crippen MR) is 116 cm³/mol. The lowest BCUT2D eigenvalue weighted by Gasteiger charge is -2.31. The van der Waals surface area contributed by atoms with Crippen LogP contribution in [0.2, 0.25) is 5.02 Å². The van der Waals surface area contributed by atoms with Crippen molar-refractivity contribution in [3.8, 4) is 11.8 Å². The average molecular weight is 446 g/mol. The van der Waals surface area contributed by atoms with E-state index in [0.717, 1.165) is 19.3 Å². The number of rotatable bonds is 9. The molecule has 158 valence electrons. The van der Waals surface area contributed by atoms with E-state index in [1.165, 1.54) is 11.8 Å². The number of amides is 1. The van der Waals surface area contributed by atoms with E-state index < -0.39 is 5.54 Å². The summed E-state index contributed by atoms with van der Waals surface area (Å²) in [6, 6.07) is 9.39. The molecule has 30 heavy (non-hydrogen) atoms. The highest BCUT2D eigenvalue weighted by Crippen LogP contribution is 2.28. The molecule has 0 unspecified atom stereocenters. The Bertz CT molecular complexity index is 916. The lowest BCUT2D eigenvalue weighted by Crippen LogP contribution is -2.49. The monoisotopic (exact) mass is 445 g/mol. The van der Waals surface area contributed by atoms with E-state index in [1.807, 2.05) is 4.57 Å². The molecule has 1 aliphatic carbocycles. The Hall–Kier alpha value is -2.50. The van der Waals surface area contributed by atoms with Gasteiger partial charge in [-0.3, -0.25) is 9.36 Å². The van der Waals surface area contributed by atoms with Crippen LogP contribution in [0.4, 0.5) is 0 Å². The van der Waals surface area contributed by atoms with Gasteiger partial charge in [-0.05, 0) is 37.1 Å². The lowest BCUT2D eigenvalue weighted by atomic mass is 9.83. The van der Waals surface area contributed by atoms with E-state index in [2.05, 4.69) is 28.2 Å². The number of nitrogens with one attached hydrogen (secondary N) is 1. The quantitative estimate of drug-likeness (QED) is 0.460. The van der Waals surface area contributed by atoms with Crippen molar-refractivity contribution in [1.82, 2.24) is 20.1 Å². The maximum absolute atomic E-state index is 12.5. The van der Waals surface area contributed by atoms with Crippen molar-refractivity contribution in [3.63, 3.8) is 0 Å². The van der Waals surface area contributed by atoms with Crippen LogP contribution in [0.15, 0.2) is 42.1 Å². The standard InChI is InChI=1S/C21H24ClN5O2S/c1-2-12-27-18(13-29-17-8-6-16(22)7-9-17)25-26-20(27)30-14-19(28)24-21(15-23)10-4-3-5-11-21/h2,6-9H,1,3-5,10-14H2,(H,24,28). The fourth-order valence-electron chi connectivity index (χ4n) is 3.38. The number of thioether (sulfide) groups is 1. The number of benzene rings is 1. The van der Waals surface area contributed by atoms with Crippen LogP contribution < -0.4 is 10.1 Å². The fraction of sp³-hybridized carbons (Fsp3) is 0.429. The van der Waals surface area contributed by atoms with Crippen LogP contribution >= 0.6 is 23.4 Å². The zero-order chi connectivity index (χ0) is 21.4. The number of ether oxygens (including phenoxy) is 1. The molecule has 0 aliphatic heterocycles. The SMILES string of the molecule is C=CCn1c(COc2ccc(Cl)cc2)nnc1SCC(=O)NC1(C#N)CCCCC1. The molecule has 2 aromatic rings. The molecule has 0 radical (unpaired) electrons. The molecule has 1 aromatic carbocycles. The number of carbonyl (C=O) groups is 1. The molecule has 7 nitrogen and oxygen atoms in total. The average Bonchev–Trinajstić information content (AvgIpc) is 3.14. The Balaban J connectivity index is 1.60. The van der Waals surface area contributed by atoms with Crippen LogP contribution in [0.25, 0.3) is 0 Å². The molecular formula is C21H24ClN5O2S. The summed E-state index contributed by atoms with van der Waals surface area (Å²) in [7, 11) is 0. The largest absolute Gasteiger partial charge is 0.486 e. The minimum atomic E-state index is -0.734. The highest BCUT2D eigenvalue weighted by atomic mass is 35.5. The number of halogens is 1. The number of nitriles is 1. The molecule has 1 heterocycles. The van der Waals surface area contributed by atoms with Crippen molar-refractivity contribution in [2.24, 2.45) is 0 Å². The first-order valence-corrected chi connectivity index (χ1v) is 11.2. The molecule has 1 fully saturated rings. The van der Waals surface area contributed by atoms with Crippen LogP contribution in [-0.2, 0) is 17.9 Å². The second kappa shape index (κ2) is 10.5. The van der Waals surface area contributed by atoms with Gasteiger partial charge in [-0.15, -0.1) is 16.8 Å². The highest BCUT2D eigenvalue weighted by Gasteiger charge is 2.33. The van der Waals surface area contributed by atoms with E-state index in [0.29, 0.717) is 41.1 Å². The summed E-state index contributed by atoms with van der Waals surface area (Å²) in [5.74, 6) is 1.30. The first-order valence-electron chi connectivity index (χ1n) is 9.82. The van der Waals surface area contributed by atoms with Gasteiger partial charge in [0.25, 0.3) is 0 Å². The number of hydrogen-bond acceptors (Lipinski definition) is 6. The van der Waals surface area contributed by atoms with Crippen molar-refractivity contribution in [3.05, 3.63) is 47.8 Å². The third-order valence-electron chi connectivity index (χ3n) is 4.92. The van der Waals surface area contributed by atoms with Crippen LogP contribution in [0.5, 0.6) is 5.75 Å². The van der Waals surface area contributed by atoms with Gasteiger partial charge in [-0.1, -0.05) is 48.7 Å². The first-order chi connectivity index (χ1) is 14.5. The molecule has 1 saturated carbocycles. The second-order valence-corrected chi connectivity index (χ2v) is 8.51. The second-order valence-electron chi connectivity index (χ2n) is 7.13. The topological polar surface area (TPSA) is 92.8 Å². The molecule has 1 aromatic heterocycles. The van der Waals surface area contributed by atoms with Gasteiger partial charge in [0.05, 0.1) is 11.8 Å². The molecule has 3 rings (SSSR count). The van der Waals surface area contributed by atoms with E-state index in [4.69, 9.17) is 16.3 Å². The van der Waals surface area contributed by atoms with Crippen molar-refractivity contribution in [2.75, 3.05) is 5.75 Å². The van der Waals surface area contributed by atoms with Gasteiger partial charge >= 0.3 is 0 Å². The van der Waals surface area contributed by atoms with E-state index in [-0.39, 0.29) is 18.3 Å². The molecular weight excluding hydrogens is 422 g/mol. The van der Waals surface area contributed by atoms with Gasteiger partial charge in [0, 0.05) is 11.6 Å². The maximum Gasteiger partial charge on any atom is 0.231 e. The number of allylic oxidation sites excluding steroid dienone is 1. The lowest BCUT2D eigenvalue weighted by molar-refractivity contribution is -0.120. The molecule has 1 aliphatic rings. The predicted octanol–water partition coefficient (Wildman–Crippen LogP) is 4.13. The van der Waals surface area contributed by atoms with Gasteiger partial charge in [-0.2, -0.15) is 5.26 Å². The number of nitrogens with zero attached hydrogens (tertiary/aromatic N) is 4. The molecule has 0 saturated heterocycles. The smallest absolute Gasteiger partial charge is 0.231 e. The zero-order valence-corrected chi connectivity index (χ0v) is 18.2. The van der Waals surface area contributed by atoms with Crippen LogP contribution in [-0.4, -0.2) is 32.0 Å². The van der Waals surface area contributed by atoms with E-state index in [9.17, 15) is 10.1 Å². The van der Waals surface area contributed by atoms with Gasteiger partial charge < -0.3 is 10.1 Å². The molecule has 0 bridgehead atoms. The number of hydrogen-bond donors (Lipinski definition) is 1. The number of aromatic nitrogens is 3. The molecule has 9 heteroatoms. The fourth-order valence-corrected chi connectivity index (χ4v) is 4.27. The summed E-state index contributed by atoms with van der Waals surface area (Å²) in [6.07, 6.45) is 6.19. The van der Waals surface area contributed by atoms with Crippen LogP contribution in [0.1, 0.15) is 37.9 Å². The van der Waals surface area contributed by atoms with E-state index >= 15 is 0 Å². The third-order valence-corrected chi connectivity index (χ3v) is 6.14. The van der Waals surface area contributed by atoms with Crippen molar-refractivity contribution in [2.45, 2.75) is 56.0 Å². The summed E-state index contributed by atoms with van der Waals surface area (Å²) in [5, 5.41) is 22.1. The first kappa shape index (κ1) is 22.2. The summed E-state index contributed by atoms with van der Waals surface area (Å²) in [5.41, 5.74) is -0.734. The molecule has 1 N–H and O–H groups in total. The summed E-state index contributed by atoms with van der Waals surface area (Å²) in [6.45, 7) is 4.51. The zero-order valence-electron chi connectivity index (χ0n) is 16.6. The molecule has 1 amide bonds. The van der Waals surface area contributed by atoms with Gasteiger partial charge in [-0.25, -0.2) is 0 Å². The van der Waals surface area contributed by atoms with Crippen molar-refractivity contribution >= 4 is 29.3 Å². The Kier molecular flexibility index (Phi) is 7.77. The van der Waals surface area contributed by atoms with Crippen molar-refractivity contribution < 1.29 is 9.53 Å². The highest BCUT2D eigenvalue weighted by molar-refractivity contribution is 7.99. The number of carbonyl (C=O) groups excluding carboxylic acids is 1.